The summed E-state index contributed by atoms with van der Waals surface area (Å²) in [5.74, 6) is -0.167. The molecular formula is C24H21NO3. The Morgan fingerprint density at radius 3 is 2.29 bits per heavy atom. The largest absolute Gasteiger partial charge is 0.507 e. The van der Waals surface area contributed by atoms with Crippen LogP contribution in [0.1, 0.15) is 11.1 Å². The number of aromatic nitrogens is 1. The number of rotatable bonds is 5. The van der Waals surface area contributed by atoms with Crippen LogP contribution in [0.25, 0.3) is 22.2 Å². The number of fused-ring (bicyclic) bond motifs is 1. The van der Waals surface area contributed by atoms with E-state index >= 15 is 0 Å². The summed E-state index contributed by atoms with van der Waals surface area (Å²) in [4.78, 5) is 12.2. The van der Waals surface area contributed by atoms with E-state index < -0.39 is 0 Å². The molecule has 0 unspecified atom stereocenters. The molecule has 3 aromatic carbocycles. The summed E-state index contributed by atoms with van der Waals surface area (Å²) >= 11 is 0. The second-order valence-corrected chi connectivity index (χ2v) is 6.69. The fraction of sp³-hybridized carbons (Fsp3) is 0.125. The molecule has 1 heterocycles. The third-order valence-corrected chi connectivity index (χ3v) is 4.95. The maximum absolute atomic E-state index is 12.2. The molecule has 0 bridgehead atoms. The highest BCUT2D eigenvalue weighted by atomic mass is 16.5. The number of ether oxygens (including phenoxy) is 1. The Balaban J connectivity index is 2.03. The van der Waals surface area contributed by atoms with Gasteiger partial charge in [-0.3, -0.25) is 4.79 Å². The zero-order valence-corrected chi connectivity index (χ0v) is 15.6. The first kappa shape index (κ1) is 17.9. The number of carbonyl (C=O) groups excluding carboxylic acids is 1. The minimum Gasteiger partial charge on any atom is -0.507 e. The number of esters is 1. The van der Waals surface area contributed by atoms with Gasteiger partial charge in [0.05, 0.1) is 24.7 Å². The van der Waals surface area contributed by atoms with Crippen LogP contribution in [0.3, 0.4) is 0 Å². The van der Waals surface area contributed by atoms with Crippen LogP contribution in [0.2, 0.25) is 0 Å². The molecule has 4 aromatic rings. The molecule has 0 fully saturated rings. The van der Waals surface area contributed by atoms with E-state index in [-0.39, 0.29) is 18.1 Å². The van der Waals surface area contributed by atoms with Crippen molar-refractivity contribution >= 4 is 16.9 Å². The molecule has 0 radical (unpaired) electrons. The third kappa shape index (κ3) is 3.25. The summed E-state index contributed by atoms with van der Waals surface area (Å²) in [7, 11) is 1.38. The van der Waals surface area contributed by atoms with Gasteiger partial charge in [0.2, 0.25) is 0 Å². The molecule has 1 N–H and O–H groups in total. The number of hydrogen-bond donors (Lipinski definition) is 1. The molecule has 1 aromatic heterocycles. The van der Waals surface area contributed by atoms with Crippen LogP contribution in [0.5, 0.6) is 5.75 Å². The van der Waals surface area contributed by atoms with Crippen molar-refractivity contribution in [3.8, 4) is 17.0 Å². The minimum atomic E-state index is -0.334. The Hall–Kier alpha value is -3.53. The predicted molar refractivity (Wildman–Crippen MR) is 110 cm³/mol. The van der Waals surface area contributed by atoms with E-state index in [1.165, 1.54) is 7.11 Å². The maximum atomic E-state index is 12.2. The third-order valence-electron chi connectivity index (χ3n) is 4.95. The van der Waals surface area contributed by atoms with Gasteiger partial charge in [-0.15, -0.1) is 0 Å². The lowest BCUT2D eigenvalue weighted by Gasteiger charge is -2.13. The molecule has 4 heteroatoms. The normalized spacial score (nSPS) is 10.9. The van der Waals surface area contributed by atoms with Crippen molar-refractivity contribution in [2.75, 3.05) is 7.11 Å². The van der Waals surface area contributed by atoms with Crippen LogP contribution < -0.4 is 0 Å². The number of benzene rings is 3. The highest BCUT2D eigenvalue weighted by Gasteiger charge is 2.23. The van der Waals surface area contributed by atoms with Gasteiger partial charge < -0.3 is 14.4 Å². The van der Waals surface area contributed by atoms with Crippen LogP contribution >= 0.6 is 0 Å². The number of methoxy groups -OCH3 is 1. The van der Waals surface area contributed by atoms with Gasteiger partial charge in [-0.25, -0.2) is 0 Å². The Bertz CT molecular complexity index is 1120. The highest BCUT2D eigenvalue weighted by Crippen LogP contribution is 2.39. The number of carbonyl (C=O) groups is 1. The lowest BCUT2D eigenvalue weighted by molar-refractivity contribution is -0.139. The lowest BCUT2D eigenvalue weighted by atomic mass is 10.0. The van der Waals surface area contributed by atoms with Gasteiger partial charge in [0.1, 0.15) is 5.75 Å². The molecular weight excluding hydrogens is 350 g/mol. The second-order valence-electron chi connectivity index (χ2n) is 6.69. The van der Waals surface area contributed by atoms with Crippen molar-refractivity contribution < 1.29 is 14.6 Å². The summed E-state index contributed by atoms with van der Waals surface area (Å²) in [5, 5.41) is 11.3. The summed E-state index contributed by atoms with van der Waals surface area (Å²) < 4.78 is 7.10. The van der Waals surface area contributed by atoms with E-state index in [4.69, 9.17) is 4.74 Å². The molecule has 140 valence electrons. The first-order chi connectivity index (χ1) is 13.7. The fourth-order valence-electron chi connectivity index (χ4n) is 3.71. The Kier molecular flexibility index (Phi) is 4.85. The molecule has 0 amide bonds. The van der Waals surface area contributed by atoms with Crippen molar-refractivity contribution in [1.82, 2.24) is 4.57 Å². The van der Waals surface area contributed by atoms with Gasteiger partial charge >= 0.3 is 5.97 Å². The second kappa shape index (κ2) is 7.61. The molecule has 0 aliphatic carbocycles. The fourth-order valence-corrected chi connectivity index (χ4v) is 3.71. The summed E-state index contributed by atoms with van der Waals surface area (Å²) in [5.41, 5.74) is 4.73. The van der Waals surface area contributed by atoms with Crippen LogP contribution in [0.4, 0.5) is 0 Å². The first-order valence-electron chi connectivity index (χ1n) is 9.18. The number of hydrogen-bond acceptors (Lipinski definition) is 3. The topological polar surface area (TPSA) is 51.5 Å². The average molecular weight is 371 g/mol. The van der Waals surface area contributed by atoms with E-state index in [0.717, 1.165) is 27.9 Å². The molecule has 0 saturated carbocycles. The summed E-state index contributed by atoms with van der Waals surface area (Å²) in [6.45, 7) is 0.631. The number of phenolic OH excluding ortho intramolecular Hbond substituents is 1. The summed E-state index contributed by atoms with van der Waals surface area (Å²) in [6, 6.07) is 25.6. The SMILES string of the molecule is COC(=O)Cc1c(-c2ccccc2)n(Cc2ccccc2)c2cccc(O)c12. The van der Waals surface area contributed by atoms with Crippen molar-refractivity contribution in [2.24, 2.45) is 0 Å². The van der Waals surface area contributed by atoms with Gasteiger partial charge in [0.25, 0.3) is 0 Å². The van der Waals surface area contributed by atoms with E-state index in [1.807, 2.05) is 60.7 Å². The van der Waals surface area contributed by atoms with Crippen molar-refractivity contribution in [3.05, 3.63) is 90.0 Å². The van der Waals surface area contributed by atoms with Crippen LogP contribution in [0, 0.1) is 0 Å². The monoisotopic (exact) mass is 371 g/mol. The molecule has 28 heavy (non-hydrogen) atoms. The maximum Gasteiger partial charge on any atom is 0.310 e. The smallest absolute Gasteiger partial charge is 0.310 e. The van der Waals surface area contributed by atoms with Gasteiger partial charge in [-0.05, 0) is 23.3 Å². The standard InChI is InChI=1S/C24H21NO3/c1-28-22(27)15-19-23-20(13-8-14-21(23)26)25(16-17-9-4-2-5-10-17)24(19)18-11-6-3-7-12-18/h2-14,26H,15-16H2,1H3. The van der Waals surface area contributed by atoms with Crippen molar-refractivity contribution in [1.29, 1.82) is 0 Å². The first-order valence-corrected chi connectivity index (χ1v) is 9.18. The highest BCUT2D eigenvalue weighted by molar-refractivity contribution is 5.98. The van der Waals surface area contributed by atoms with Gasteiger partial charge in [0.15, 0.2) is 0 Å². The molecule has 4 nitrogen and oxygen atoms in total. The molecule has 0 spiro atoms. The molecule has 0 aliphatic rings. The van der Waals surface area contributed by atoms with Gasteiger partial charge in [0, 0.05) is 17.5 Å². The lowest BCUT2D eigenvalue weighted by Crippen LogP contribution is -2.07. The zero-order valence-electron chi connectivity index (χ0n) is 15.6. The molecule has 4 rings (SSSR count). The quantitative estimate of drug-likeness (QED) is 0.514. The van der Waals surface area contributed by atoms with E-state index in [0.29, 0.717) is 11.9 Å². The number of phenols is 1. The van der Waals surface area contributed by atoms with Crippen molar-refractivity contribution in [3.63, 3.8) is 0 Å². The number of nitrogens with zero attached hydrogens (tertiary/aromatic N) is 1. The Morgan fingerprint density at radius 1 is 0.929 bits per heavy atom. The number of aromatic hydroxyl groups is 1. The average Bonchev–Trinajstić information content (AvgIpc) is 3.03. The Labute approximate surface area is 163 Å². The van der Waals surface area contributed by atoms with Crippen LogP contribution in [-0.2, 0) is 22.5 Å². The zero-order chi connectivity index (χ0) is 19.5. The van der Waals surface area contributed by atoms with E-state index in [2.05, 4.69) is 16.7 Å². The molecule has 0 atom stereocenters. The van der Waals surface area contributed by atoms with Crippen molar-refractivity contribution in [2.45, 2.75) is 13.0 Å². The minimum absolute atomic E-state index is 0.0938. The van der Waals surface area contributed by atoms with E-state index in [1.54, 1.807) is 6.07 Å². The molecule has 0 saturated heterocycles. The summed E-state index contributed by atoms with van der Waals surface area (Å²) in [6.07, 6.45) is 0.0938. The Morgan fingerprint density at radius 2 is 1.61 bits per heavy atom. The van der Waals surface area contributed by atoms with Gasteiger partial charge in [-0.2, -0.15) is 0 Å². The van der Waals surface area contributed by atoms with Gasteiger partial charge in [-0.1, -0.05) is 66.7 Å². The predicted octanol–water partition coefficient (Wildman–Crippen LogP) is 4.78. The van der Waals surface area contributed by atoms with Crippen LogP contribution in [0.15, 0.2) is 78.9 Å². The molecule has 0 aliphatic heterocycles. The van der Waals surface area contributed by atoms with E-state index in [9.17, 15) is 9.90 Å². The van der Waals surface area contributed by atoms with Crippen LogP contribution in [-0.4, -0.2) is 22.8 Å².